The molecular weight excluding hydrogens is 344 g/mol. The fraction of sp³-hybridized carbons (Fsp3) is 0.438. The third-order valence-corrected chi connectivity index (χ3v) is 4.53. The number of ether oxygens (including phenoxy) is 2. The van der Waals surface area contributed by atoms with E-state index in [1.54, 1.807) is 31.5 Å². The summed E-state index contributed by atoms with van der Waals surface area (Å²) < 4.78 is 33.8. The van der Waals surface area contributed by atoms with Crippen molar-refractivity contribution in [3.05, 3.63) is 30.1 Å². The Labute approximate surface area is 146 Å². The van der Waals surface area contributed by atoms with Gasteiger partial charge in [0.05, 0.1) is 31.8 Å². The monoisotopic (exact) mass is 364 g/mol. The molecule has 1 fully saturated rings. The predicted molar refractivity (Wildman–Crippen MR) is 93.4 cm³/mol. The topological polar surface area (TPSA) is 94.5 Å². The summed E-state index contributed by atoms with van der Waals surface area (Å²) in [6.07, 6.45) is 2.81. The van der Waals surface area contributed by atoms with E-state index in [0.29, 0.717) is 55.1 Å². The first kappa shape index (κ1) is 17.6. The minimum absolute atomic E-state index is 0.135. The summed E-state index contributed by atoms with van der Waals surface area (Å²) >= 11 is 0. The van der Waals surface area contributed by atoms with Gasteiger partial charge in [0.2, 0.25) is 5.88 Å². The molecule has 0 radical (unpaired) electrons. The zero-order valence-electron chi connectivity index (χ0n) is 14.2. The molecule has 0 atom stereocenters. The van der Waals surface area contributed by atoms with Crippen LogP contribution in [0.2, 0.25) is 0 Å². The van der Waals surface area contributed by atoms with Crippen LogP contribution in [0.25, 0.3) is 11.4 Å². The number of hydrogen-bond donors (Lipinski definition) is 0. The van der Waals surface area contributed by atoms with E-state index in [-0.39, 0.29) is 5.75 Å². The molecule has 9 heteroatoms. The number of aromatic nitrogens is 3. The van der Waals surface area contributed by atoms with Crippen molar-refractivity contribution in [3.8, 4) is 17.3 Å². The van der Waals surface area contributed by atoms with Gasteiger partial charge in [0.25, 0.3) is 0 Å². The van der Waals surface area contributed by atoms with Crippen molar-refractivity contribution < 1.29 is 17.9 Å². The quantitative estimate of drug-likeness (QED) is 0.773. The molecule has 2 aromatic heterocycles. The molecule has 0 spiro atoms. The van der Waals surface area contributed by atoms with Crippen LogP contribution in [0, 0.1) is 0 Å². The molecule has 25 heavy (non-hydrogen) atoms. The lowest BCUT2D eigenvalue weighted by Crippen LogP contribution is -2.37. The fourth-order valence-electron chi connectivity index (χ4n) is 2.54. The third kappa shape index (κ3) is 4.64. The number of hydrogen-bond acceptors (Lipinski definition) is 8. The SMILES string of the molecule is COc1ccc(-c2nc(CS(C)(=O)=O)cc(N3CCOCC3)n2)cn1. The van der Waals surface area contributed by atoms with E-state index in [0.717, 1.165) is 0 Å². The molecule has 0 N–H and O–H groups in total. The van der Waals surface area contributed by atoms with Gasteiger partial charge in [-0.25, -0.2) is 23.4 Å². The summed E-state index contributed by atoms with van der Waals surface area (Å²) in [6, 6.07) is 5.25. The highest BCUT2D eigenvalue weighted by atomic mass is 32.2. The molecule has 1 aliphatic rings. The number of nitrogens with zero attached hydrogens (tertiary/aromatic N) is 4. The molecule has 2 aromatic rings. The smallest absolute Gasteiger partial charge is 0.212 e. The Hall–Kier alpha value is -2.26. The first-order chi connectivity index (χ1) is 11.9. The summed E-state index contributed by atoms with van der Waals surface area (Å²) in [6.45, 7) is 2.64. The van der Waals surface area contributed by atoms with E-state index in [1.807, 2.05) is 0 Å². The van der Waals surface area contributed by atoms with Crippen molar-refractivity contribution >= 4 is 15.7 Å². The second-order valence-electron chi connectivity index (χ2n) is 5.80. The van der Waals surface area contributed by atoms with Gasteiger partial charge < -0.3 is 14.4 Å². The minimum Gasteiger partial charge on any atom is -0.481 e. The van der Waals surface area contributed by atoms with Crippen molar-refractivity contribution in [2.75, 3.05) is 44.6 Å². The Morgan fingerprint density at radius 3 is 2.60 bits per heavy atom. The first-order valence-corrected chi connectivity index (χ1v) is 9.89. The van der Waals surface area contributed by atoms with Crippen LogP contribution in [0.4, 0.5) is 5.82 Å². The number of methoxy groups -OCH3 is 1. The Kier molecular flexibility index (Phi) is 5.14. The molecule has 0 aliphatic carbocycles. The lowest BCUT2D eigenvalue weighted by Gasteiger charge is -2.28. The summed E-state index contributed by atoms with van der Waals surface area (Å²) in [4.78, 5) is 15.2. The van der Waals surface area contributed by atoms with Crippen LogP contribution in [-0.4, -0.2) is 63.0 Å². The van der Waals surface area contributed by atoms with Gasteiger partial charge in [-0.3, -0.25) is 0 Å². The van der Waals surface area contributed by atoms with Crippen LogP contribution >= 0.6 is 0 Å². The fourth-order valence-corrected chi connectivity index (χ4v) is 3.23. The zero-order chi connectivity index (χ0) is 17.9. The number of sulfone groups is 1. The van der Waals surface area contributed by atoms with Gasteiger partial charge in [-0.1, -0.05) is 0 Å². The van der Waals surface area contributed by atoms with Crippen molar-refractivity contribution in [1.82, 2.24) is 15.0 Å². The summed E-state index contributed by atoms with van der Waals surface area (Å²) in [7, 11) is -1.66. The molecule has 0 saturated carbocycles. The van der Waals surface area contributed by atoms with E-state index in [4.69, 9.17) is 9.47 Å². The predicted octanol–water partition coefficient (Wildman–Crippen LogP) is 0.928. The van der Waals surface area contributed by atoms with Crippen molar-refractivity contribution in [2.45, 2.75) is 5.75 Å². The Morgan fingerprint density at radius 1 is 1.24 bits per heavy atom. The molecule has 1 saturated heterocycles. The van der Waals surface area contributed by atoms with Gasteiger partial charge in [0.1, 0.15) is 5.82 Å². The van der Waals surface area contributed by atoms with Crippen LogP contribution in [0.3, 0.4) is 0 Å². The van der Waals surface area contributed by atoms with E-state index in [1.165, 1.54) is 6.26 Å². The van der Waals surface area contributed by atoms with Crippen LogP contribution in [0.1, 0.15) is 5.69 Å². The van der Waals surface area contributed by atoms with Crippen LogP contribution in [0.5, 0.6) is 5.88 Å². The molecule has 3 heterocycles. The van der Waals surface area contributed by atoms with Crippen LogP contribution < -0.4 is 9.64 Å². The molecule has 0 unspecified atom stereocenters. The maximum absolute atomic E-state index is 11.7. The Morgan fingerprint density at radius 2 is 2.00 bits per heavy atom. The maximum Gasteiger partial charge on any atom is 0.212 e. The summed E-state index contributed by atoms with van der Waals surface area (Å²) in [5, 5.41) is 0. The standard InChI is InChI=1S/C16H20N4O4S/c1-23-15-4-3-12(10-17-15)16-18-13(11-25(2,21)22)9-14(19-16)20-5-7-24-8-6-20/h3-4,9-10H,5-8,11H2,1-2H3. The molecule has 0 bridgehead atoms. The van der Waals surface area contributed by atoms with Gasteiger partial charge in [-0.05, 0) is 6.07 Å². The zero-order valence-corrected chi connectivity index (χ0v) is 15.0. The lowest BCUT2D eigenvalue weighted by molar-refractivity contribution is 0.122. The highest BCUT2D eigenvalue weighted by molar-refractivity contribution is 7.89. The van der Waals surface area contributed by atoms with Gasteiger partial charge in [-0.15, -0.1) is 0 Å². The van der Waals surface area contributed by atoms with Crippen molar-refractivity contribution in [3.63, 3.8) is 0 Å². The second-order valence-corrected chi connectivity index (χ2v) is 7.94. The van der Waals surface area contributed by atoms with E-state index < -0.39 is 9.84 Å². The lowest BCUT2D eigenvalue weighted by atomic mass is 10.2. The largest absolute Gasteiger partial charge is 0.481 e. The number of rotatable bonds is 5. The molecule has 8 nitrogen and oxygen atoms in total. The normalized spacial score (nSPS) is 15.2. The number of morpholine rings is 1. The second kappa shape index (κ2) is 7.32. The van der Waals surface area contributed by atoms with Crippen LogP contribution in [-0.2, 0) is 20.3 Å². The third-order valence-electron chi connectivity index (χ3n) is 3.71. The minimum atomic E-state index is -3.20. The highest BCUT2D eigenvalue weighted by Gasteiger charge is 2.17. The average molecular weight is 364 g/mol. The highest BCUT2D eigenvalue weighted by Crippen LogP contribution is 2.22. The van der Waals surface area contributed by atoms with Gasteiger partial charge >= 0.3 is 0 Å². The molecule has 3 rings (SSSR count). The average Bonchev–Trinajstić information content (AvgIpc) is 2.61. The number of anilines is 1. The maximum atomic E-state index is 11.7. The molecule has 134 valence electrons. The molecule has 0 amide bonds. The molecular formula is C16H20N4O4S. The summed E-state index contributed by atoms with van der Waals surface area (Å²) in [5.41, 5.74) is 1.16. The first-order valence-electron chi connectivity index (χ1n) is 7.83. The van der Waals surface area contributed by atoms with Gasteiger partial charge in [0, 0.05) is 43.2 Å². The number of pyridine rings is 1. The molecule has 1 aliphatic heterocycles. The van der Waals surface area contributed by atoms with E-state index in [2.05, 4.69) is 19.9 Å². The van der Waals surface area contributed by atoms with Gasteiger partial charge in [-0.2, -0.15) is 0 Å². The Balaban J connectivity index is 2.01. The van der Waals surface area contributed by atoms with Crippen molar-refractivity contribution in [2.24, 2.45) is 0 Å². The van der Waals surface area contributed by atoms with Gasteiger partial charge in [0.15, 0.2) is 15.7 Å². The Bertz CT molecular complexity index is 834. The van der Waals surface area contributed by atoms with E-state index in [9.17, 15) is 8.42 Å². The molecule has 0 aromatic carbocycles. The van der Waals surface area contributed by atoms with Crippen molar-refractivity contribution in [1.29, 1.82) is 0 Å². The van der Waals surface area contributed by atoms with Crippen LogP contribution in [0.15, 0.2) is 24.4 Å². The van der Waals surface area contributed by atoms with E-state index >= 15 is 0 Å². The summed E-state index contributed by atoms with van der Waals surface area (Å²) in [5.74, 6) is 1.49.